The minimum absolute atomic E-state index is 0.0821. The highest BCUT2D eigenvalue weighted by Crippen LogP contribution is 2.53. The van der Waals surface area contributed by atoms with Crippen LogP contribution in [0.5, 0.6) is 0 Å². The molecule has 0 saturated heterocycles. The van der Waals surface area contributed by atoms with Crippen LogP contribution < -0.4 is 0 Å². The first-order valence-corrected chi connectivity index (χ1v) is 17.2. The highest BCUT2D eigenvalue weighted by atomic mass is 15.2. The van der Waals surface area contributed by atoms with E-state index in [1.54, 1.807) is 0 Å². The van der Waals surface area contributed by atoms with Gasteiger partial charge in [-0.3, -0.25) is 4.57 Å². The monoisotopic (exact) mass is 629 g/mol. The van der Waals surface area contributed by atoms with E-state index in [2.05, 4.69) is 172 Å². The lowest BCUT2D eigenvalue weighted by Crippen LogP contribution is -2.15. The van der Waals surface area contributed by atoms with Crippen LogP contribution in [0.15, 0.2) is 140 Å². The molecule has 10 rings (SSSR count). The van der Waals surface area contributed by atoms with Crippen molar-refractivity contribution in [2.45, 2.75) is 38.5 Å². The Morgan fingerprint density at radius 2 is 1.06 bits per heavy atom. The third-order valence-corrected chi connectivity index (χ3v) is 11.2. The predicted molar refractivity (Wildman–Crippen MR) is 202 cm³/mol. The van der Waals surface area contributed by atoms with E-state index in [0.717, 1.165) is 33.5 Å². The Kier molecular flexibility index (Phi) is 5.69. The lowest BCUT2D eigenvalue weighted by molar-refractivity contribution is 0.660. The van der Waals surface area contributed by atoms with E-state index in [9.17, 15) is 0 Å². The summed E-state index contributed by atoms with van der Waals surface area (Å²) in [5.41, 5.74) is 16.8. The summed E-state index contributed by atoms with van der Waals surface area (Å²) >= 11 is 0. The molecule has 2 aromatic heterocycles. The number of hydrogen-bond donors (Lipinski definition) is 0. The third-order valence-electron chi connectivity index (χ3n) is 11.2. The van der Waals surface area contributed by atoms with Crippen molar-refractivity contribution in [2.75, 3.05) is 0 Å². The average molecular weight is 630 g/mol. The number of hydrogen-bond acceptors (Lipinski definition) is 2. The molecule has 49 heavy (non-hydrogen) atoms. The fourth-order valence-electron chi connectivity index (χ4n) is 8.77. The van der Waals surface area contributed by atoms with Gasteiger partial charge in [-0.25, -0.2) is 9.97 Å². The second-order valence-electron chi connectivity index (χ2n) is 14.6. The average Bonchev–Trinajstić information content (AvgIpc) is 3.69. The van der Waals surface area contributed by atoms with Crippen LogP contribution in [0.4, 0.5) is 0 Å². The van der Waals surface area contributed by atoms with Crippen LogP contribution in [0, 0.1) is 0 Å². The fraction of sp³-hybridized carbons (Fsp3) is 0.130. The lowest BCUT2D eigenvalue weighted by Gasteiger charge is -2.22. The number of benzene rings is 6. The summed E-state index contributed by atoms with van der Waals surface area (Å²) in [6.45, 7) is 9.35. The molecule has 6 aromatic carbocycles. The first kappa shape index (κ1) is 28.2. The lowest BCUT2D eigenvalue weighted by atomic mass is 9.82. The summed E-state index contributed by atoms with van der Waals surface area (Å²) < 4.78 is 2.28. The van der Waals surface area contributed by atoms with E-state index >= 15 is 0 Å². The van der Waals surface area contributed by atoms with Crippen LogP contribution in [-0.4, -0.2) is 14.5 Å². The first-order valence-electron chi connectivity index (χ1n) is 17.2. The zero-order valence-corrected chi connectivity index (χ0v) is 28.1. The van der Waals surface area contributed by atoms with Gasteiger partial charge in [0.15, 0.2) is 0 Å². The normalized spacial score (nSPS) is 14.9. The maximum Gasteiger partial charge on any atom is 0.235 e. The summed E-state index contributed by atoms with van der Waals surface area (Å²) in [6, 6.07) is 50.6. The maximum atomic E-state index is 5.41. The van der Waals surface area contributed by atoms with Crippen LogP contribution in [-0.2, 0) is 10.8 Å². The molecule has 0 amide bonds. The van der Waals surface area contributed by atoms with Crippen molar-refractivity contribution in [1.29, 1.82) is 0 Å². The number of fused-ring (bicyclic) bond motifs is 10. The van der Waals surface area contributed by atoms with E-state index < -0.39 is 0 Å². The van der Waals surface area contributed by atoms with Crippen LogP contribution >= 0.6 is 0 Å². The number of para-hydroxylation sites is 1. The fourth-order valence-corrected chi connectivity index (χ4v) is 8.77. The molecule has 2 aliphatic carbocycles. The molecule has 0 atom stereocenters. The zero-order chi connectivity index (χ0) is 33.1. The molecular weight excluding hydrogens is 595 g/mol. The minimum Gasteiger partial charge on any atom is -0.278 e. The van der Waals surface area contributed by atoms with Crippen molar-refractivity contribution >= 4 is 21.8 Å². The standard InChI is InChI=1S/C46H35N3/c1-45(2)35-20-12-9-17-32(35)42-36(45)24-25-41-43(42)33-18-10-13-21-40(33)49(41)44-47-38(28-14-6-5-7-15-28)27-39(48-44)29-22-23-31-30-16-8-11-19-34(30)46(3,4)37(31)26-29/h5-27H,1-4H3. The summed E-state index contributed by atoms with van der Waals surface area (Å²) in [4.78, 5) is 10.7. The topological polar surface area (TPSA) is 30.7 Å². The Labute approximate surface area is 286 Å². The molecule has 2 aliphatic rings. The van der Waals surface area contributed by atoms with E-state index in [1.165, 1.54) is 55.3 Å². The highest BCUT2D eigenvalue weighted by molar-refractivity contribution is 6.17. The van der Waals surface area contributed by atoms with Crippen LogP contribution in [0.3, 0.4) is 0 Å². The largest absolute Gasteiger partial charge is 0.278 e. The summed E-state index contributed by atoms with van der Waals surface area (Å²) in [5, 5.41) is 2.48. The first-order chi connectivity index (χ1) is 23.8. The summed E-state index contributed by atoms with van der Waals surface area (Å²) in [6.07, 6.45) is 0. The molecular formula is C46H35N3. The Morgan fingerprint density at radius 1 is 0.449 bits per heavy atom. The van der Waals surface area contributed by atoms with Gasteiger partial charge in [0.1, 0.15) is 0 Å². The summed E-state index contributed by atoms with van der Waals surface area (Å²) in [5.74, 6) is 0.677. The van der Waals surface area contributed by atoms with Crippen molar-refractivity contribution in [3.8, 4) is 50.7 Å². The van der Waals surface area contributed by atoms with Crippen molar-refractivity contribution < 1.29 is 0 Å². The van der Waals surface area contributed by atoms with Crippen LogP contribution in [0.25, 0.3) is 72.5 Å². The molecule has 0 N–H and O–H groups in total. The Bertz CT molecular complexity index is 2660. The second kappa shape index (κ2) is 9.87. The molecule has 2 heterocycles. The third kappa shape index (κ3) is 3.84. The molecule has 3 heteroatoms. The van der Waals surface area contributed by atoms with Gasteiger partial charge in [-0.15, -0.1) is 0 Å². The van der Waals surface area contributed by atoms with Gasteiger partial charge in [-0.05, 0) is 68.8 Å². The molecule has 0 unspecified atom stereocenters. The van der Waals surface area contributed by atoms with E-state index in [-0.39, 0.29) is 10.8 Å². The second-order valence-corrected chi connectivity index (χ2v) is 14.6. The van der Waals surface area contributed by atoms with Crippen LogP contribution in [0.2, 0.25) is 0 Å². The summed E-state index contributed by atoms with van der Waals surface area (Å²) in [7, 11) is 0. The van der Waals surface area contributed by atoms with Gasteiger partial charge in [0.25, 0.3) is 0 Å². The molecule has 234 valence electrons. The van der Waals surface area contributed by atoms with Gasteiger partial charge in [0.05, 0.1) is 22.4 Å². The zero-order valence-electron chi connectivity index (χ0n) is 28.1. The van der Waals surface area contributed by atoms with Crippen molar-refractivity contribution in [3.05, 3.63) is 162 Å². The SMILES string of the molecule is CC1(C)c2ccccc2-c2ccc(-c3cc(-c4ccccc4)nc(-n4c5ccccc5c5c6c(ccc54)C(C)(C)c4ccccc4-6)n3)cc21. The molecule has 8 aromatic rings. The molecule has 3 nitrogen and oxygen atoms in total. The Balaban J connectivity index is 1.25. The van der Waals surface area contributed by atoms with Crippen molar-refractivity contribution in [2.24, 2.45) is 0 Å². The molecule has 0 saturated carbocycles. The quantitative estimate of drug-likeness (QED) is 0.195. The van der Waals surface area contributed by atoms with Gasteiger partial charge >= 0.3 is 0 Å². The smallest absolute Gasteiger partial charge is 0.235 e. The van der Waals surface area contributed by atoms with Crippen LogP contribution in [0.1, 0.15) is 49.9 Å². The number of rotatable bonds is 3. The molecule has 0 bridgehead atoms. The number of aromatic nitrogens is 3. The van der Waals surface area contributed by atoms with Gasteiger partial charge in [-0.1, -0.05) is 143 Å². The van der Waals surface area contributed by atoms with E-state index in [4.69, 9.17) is 9.97 Å². The highest BCUT2D eigenvalue weighted by Gasteiger charge is 2.38. The molecule has 0 radical (unpaired) electrons. The van der Waals surface area contributed by atoms with E-state index in [1.807, 2.05) is 0 Å². The van der Waals surface area contributed by atoms with Gasteiger partial charge in [0, 0.05) is 32.7 Å². The van der Waals surface area contributed by atoms with Gasteiger partial charge in [-0.2, -0.15) is 0 Å². The Morgan fingerprint density at radius 3 is 1.86 bits per heavy atom. The van der Waals surface area contributed by atoms with Gasteiger partial charge < -0.3 is 0 Å². The Hall–Kier alpha value is -5.80. The molecule has 0 spiro atoms. The molecule has 0 fully saturated rings. The maximum absolute atomic E-state index is 5.41. The molecule has 0 aliphatic heterocycles. The van der Waals surface area contributed by atoms with Crippen molar-refractivity contribution in [3.63, 3.8) is 0 Å². The predicted octanol–water partition coefficient (Wildman–Crippen LogP) is 11.5. The van der Waals surface area contributed by atoms with Gasteiger partial charge in [0.2, 0.25) is 5.95 Å². The van der Waals surface area contributed by atoms with E-state index in [0.29, 0.717) is 5.95 Å². The van der Waals surface area contributed by atoms with Crippen molar-refractivity contribution in [1.82, 2.24) is 14.5 Å². The minimum atomic E-state index is -0.0999. The number of nitrogens with zero attached hydrogens (tertiary/aromatic N) is 3.